The number of alkyl halides is 3. The first kappa shape index (κ1) is 17.9. The Balaban J connectivity index is 1.62. The zero-order valence-electron chi connectivity index (χ0n) is 13.4. The average Bonchev–Trinajstić information content (AvgIpc) is 2.61. The van der Waals surface area contributed by atoms with E-state index in [0.717, 1.165) is 37.8 Å². The molecule has 0 amide bonds. The molecule has 1 aliphatic heterocycles. The summed E-state index contributed by atoms with van der Waals surface area (Å²) < 4.78 is 38.8. The summed E-state index contributed by atoms with van der Waals surface area (Å²) in [6, 6.07) is 7.96. The van der Waals surface area contributed by atoms with Crippen molar-refractivity contribution in [3.8, 4) is 0 Å². The molecule has 0 bridgehead atoms. The van der Waals surface area contributed by atoms with Gasteiger partial charge in [0.15, 0.2) is 5.82 Å². The molecule has 2 heterocycles. The van der Waals surface area contributed by atoms with Gasteiger partial charge in [-0.05, 0) is 42.7 Å². The third kappa shape index (κ3) is 4.61. The molecule has 3 rings (SSSR count). The summed E-state index contributed by atoms with van der Waals surface area (Å²) in [6.45, 7) is 2.01. The number of anilines is 1. The molecule has 0 radical (unpaired) electrons. The fourth-order valence-electron chi connectivity index (χ4n) is 2.98. The van der Waals surface area contributed by atoms with Crippen molar-refractivity contribution in [2.24, 2.45) is 0 Å². The zero-order valence-corrected chi connectivity index (χ0v) is 14.2. The van der Waals surface area contributed by atoms with E-state index < -0.39 is 11.7 Å². The Kier molecular flexibility index (Phi) is 5.44. The van der Waals surface area contributed by atoms with Gasteiger partial charge < -0.3 is 10.2 Å². The van der Waals surface area contributed by atoms with E-state index >= 15 is 0 Å². The quantitative estimate of drug-likeness (QED) is 0.886. The monoisotopic (exact) mass is 370 g/mol. The molecule has 134 valence electrons. The number of nitrogens with one attached hydrogen (secondary N) is 1. The molecular weight excluding hydrogens is 353 g/mol. The Morgan fingerprint density at radius 1 is 1.28 bits per heavy atom. The van der Waals surface area contributed by atoms with E-state index in [1.54, 1.807) is 12.3 Å². The SMILES string of the molecule is FC(F)(F)c1cc(CNC2CCCN(c3cccnn3)C2)ccc1Cl. The average molecular weight is 371 g/mol. The summed E-state index contributed by atoms with van der Waals surface area (Å²) in [5.41, 5.74) is -0.230. The summed E-state index contributed by atoms with van der Waals surface area (Å²) in [6.07, 6.45) is -0.859. The van der Waals surface area contributed by atoms with Gasteiger partial charge in [-0.2, -0.15) is 18.3 Å². The van der Waals surface area contributed by atoms with Gasteiger partial charge in [0, 0.05) is 31.9 Å². The van der Waals surface area contributed by atoms with E-state index in [9.17, 15) is 13.2 Å². The Morgan fingerprint density at radius 3 is 2.84 bits per heavy atom. The predicted octanol–water partition coefficient (Wildman–Crippen LogP) is 3.91. The molecule has 4 nitrogen and oxygen atoms in total. The highest BCUT2D eigenvalue weighted by Gasteiger charge is 2.33. The highest BCUT2D eigenvalue weighted by Crippen LogP contribution is 2.35. The Bertz CT molecular complexity index is 709. The number of halogens is 4. The van der Waals surface area contributed by atoms with Crippen molar-refractivity contribution in [1.82, 2.24) is 15.5 Å². The van der Waals surface area contributed by atoms with Crippen molar-refractivity contribution in [3.63, 3.8) is 0 Å². The number of benzene rings is 1. The van der Waals surface area contributed by atoms with Crippen molar-refractivity contribution in [1.29, 1.82) is 0 Å². The summed E-state index contributed by atoms with van der Waals surface area (Å²) in [5.74, 6) is 0.819. The van der Waals surface area contributed by atoms with E-state index in [2.05, 4.69) is 20.4 Å². The van der Waals surface area contributed by atoms with Gasteiger partial charge >= 0.3 is 6.18 Å². The minimum absolute atomic E-state index is 0.181. The van der Waals surface area contributed by atoms with E-state index in [1.165, 1.54) is 6.07 Å². The van der Waals surface area contributed by atoms with Crippen LogP contribution in [0.4, 0.5) is 19.0 Å². The molecular formula is C17H18ClF3N4. The molecule has 25 heavy (non-hydrogen) atoms. The van der Waals surface area contributed by atoms with Crippen LogP contribution in [0.25, 0.3) is 0 Å². The van der Waals surface area contributed by atoms with Crippen LogP contribution < -0.4 is 10.2 Å². The van der Waals surface area contributed by atoms with Gasteiger partial charge in [0.25, 0.3) is 0 Å². The number of hydrogen-bond donors (Lipinski definition) is 1. The summed E-state index contributed by atoms with van der Waals surface area (Å²) >= 11 is 5.66. The Morgan fingerprint density at radius 2 is 2.12 bits per heavy atom. The van der Waals surface area contributed by atoms with Crippen molar-refractivity contribution in [2.75, 3.05) is 18.0 Å². The molecule has 2 aromatic rings. The smallest absolute Gasteiger partial charge is 0.354 e. The molecule has 0 aliphatic carbocycles. The summed E-state index contributed by atoms with van der Waals surface area (Å²) in [4.78, 5) is 2.14. The number of piperidine rings is 1. The second-order valence-electron chi connectivity index (χ2n) is 6.06. The van der Waals surface area contributed by atoms with Crippen LogP contribution in [-0.2, 0) is 12.7 Å². The fraction of sp³-hybridized carbons (Fsp3) is 0.412. The van der Waals surface area contributed by atoms with Crippen LogP contribution in [0, 0.1) is 0 Å². The van der Waals surface area contributed by atoms with Gasteiger partial charge in [0.1, 0.15) is 0 Å². The van der Waals surface area contributed by atoms with Crippen molar-refractivity contribution in [3.05, 3.63) is 52.7 Å². The topological polar surface area (TPSA) is 41.0 Å². The van der Waals surface area contributed by atoms with E-state index in [1.807, 2.05) is 12.1 Å². The van der Waals surface area contributed by atoms with Gasteiger partial charge in [-0.15, -0.1) is 5.10 Å². The molecule has 1 unspecified atom stereocenters. The largest absolute Gasteiger partial charge is 0.417 e. The van der Waals surface area contributed by atoms with E-state index in [4.69, 9.17) is 11.6 Å². The van der Waals surface area contributed by atoms with Gasteiger partial charge in [-0.1, -0.05) is 17.7 Å². The third-order valence-corrected chi connectivity index (χ3v) is 4.56. The lowest BCUT2D eigenvalue weighted by Crippen LogP contribution is -2.45. The predicted molar refractivity (Wildman–Crippen MR) is 90.6 cm³/mol. The van der Waals surface area contributed by atoms with Crippen molar-refractivity contribution < 1.29 is 13.2 Å². The Hall–Kier alpha value is -1.86. The molecule has 0 spiro atoms. The highest BCUT2D eigenvalue weighted by atomic mass is 35.5. The highest BCUT2D eigenvalue weighted by molar-refractivity contribution is 6.31. The van der Waals surface area contributed by atoms with Crippen LogP contribution in [0.3, 0.4) is 0 Å². The van der Waals surface area contributed by atoms with E-state index in [-0.39, 0.29) is 11.1 Å². The zero-order chi connectivity index (χ0) is 17.9. The molecule has 1 fully saturated rings. The van der Waals surface area contributed by atoms with Gasteiger partial charge in [0.2, 0.25) is 0 Å². The van der Waals surface area contributed by atoms with Crippen LogP contribution in [0.15, 0.2) is 36.5 Å². The first-order valence-corrected chi connectivity index (χ1v) is 8.43. The lowest BCUT2D eigenvalue weighted by Gasteiger charge is -2.33. The Labute approximate surface area is 149 Å². The van der Waals surface area contributed by atoms with Gasteiger partial charge in [-0.25, -0.2) is 0 Å². The van der Waals surface area contributed by atoms with Gasteiger partial charge in [0.05, 0.1) is 10.6 Å². The fourth-order valence-corrected chi connectivity index (χ4v) is 3.20. The minimum Gasteiger partial charge on any atom is -0.354 e. The molecule has 1 aromatic carbocycles. The van der Waals surface area contributed by atoms with Gasteiger partial charge in [-0.3, -0.25) is 0 Å². The van der Waals surface area contributed by atoms with Crippen molar-refractivity contribution >= 4 is 17.4 Å². The van der Waals surface area contributed by atoms with Crippen LogP contribution in [-0.4, -0.2) is 29.3 Å². The molecule has 8 heteroatoms. The molecule has 0 saturated carbocycles. The second-order valence-corrected chi connectivity index (χ2v) is 6.47. The van der Waals surface area contributed by atoms with E-state index in [0.29, 0.717) is 12.1 Å². The first-order chi connectivity index (χ1) is 11.9. The number of aromatic nitrogens is 2. The molecule has 1 saturated heterocycles. The number of nitrogens with zero attached hydrogens (tertiary/aromatic N) is 3. The maximum Gasteiger partial charge on any atom is 0.417 e. The third-order valence-electron chi connectivity index (χ3n) is 4.23. The lowest BCUT2D eigenvalue weighted by atomic mass is 10.0. The number of rotatable bonds is 4. The molecule has 1 atom stereocenters. The first-order valence-electron chi connectivity index (χ1n) is 8.05. The maximum absolute atomic E-state index is 12.9. The van der Waals surface area contributed by atoms with Crippen LogP contribution in [0.2, 0.25) is 5.02 Å². The molecule has 1 aromatic heterocycles. The standard InChI is InChI=1S/C17H18ClF3N4/c18-15-6-5-12(9-14(15)17(19,20)21)10-22-13-3-2-8-25(11-13)16-4-1-7-23-24-16/h1,4-7,9,13,22H,2-3,8,10-11H2. The van der Waals surface area contributed by atoms with Crippen LogP contribution >= 0.6 is 11.6 Å². The molecule has 1 aliphatic rings. The lowest BCUT2D eigenvalue weighted by molar-refractivity contribution is -0.137. The summed E-state index contributed by atoms with van der Waals surface area (Å²) in [7, 11) is 0. The normalized spacial score (nSPS) is 18.4. The number of hydrogen-bond acceptors (Lipinski definition) is 4. The van der Waals surface area contributed by atoms with Crippen LogP contribution in [0.1, 0.15) is 24.0 Å². The summed E-state index contributed by atoms with van der Waals surface area (Å²) in [5, 5.41) is 11.1. The minimum atomic E-state index is -4.44. The molecule has 1 N–H and O–H groups in total. The maximum atomic E-state index is 12.9. The second kappa shape index (κ2) is 7.58. The van der Waals surface area contributed by atoms with Crippen LogP contribution in [0.5, 0.6) is 0 Å². The van der Waals surface area contributed by atoms with Crippen molar-refractivity contribution in [2.45, 2.75) is 31.6 Å².